The third-order valence-corrected chi connectivity index (χ3v) is 3.06. The quantitative estimate of drug-likeness (QED) is 0.761. The Balaban J connectivity index is 2.14. The Labute approximate surface area is 110 Å². The normalized spacial score (nSPS) is 10.6. The number of nitrogens with one attached hydrogen (secondary N) is 1. The Bertz CT molecular complexity index is 765. The molecular formula is C15H13N3O. The van der Waals surface area contributed by atoms with Gasteiger partial charge in [0.25, 0.3) is 5.56 Å². The number of benzene rings is 2. The van der Waals surface area contributed by atoms with E-state index in [9.17, 15) is 4.79 Å². The van der Waals surface area contributed by atoms with Crippen molar-refractivity contribution >= 4 is 22.5 Å². The summed E-state index contributed by atoms with van der Waals surface area (Å²) < 4.78 is 0. The molecule has 0 spiro atoms. The predicted molar refractivity (Wildman–Crippen MR) is 76.9 cm³/mol. The van der Waals surface area contributed by atoms with Crippen molar-refractivity contribution in [2.75, 3.05) is 11.9 Å². The van der Waals surface area contributed by atoms with Gasteiger partial charge >= 0.3 is 0 Å². The second kappa shape index (κ2) is 4.57. The number of aromatic amines is 1. The van der Waals surface area contributed by atoms with E-state index in [1.807, 2.05) is 60.5 Å². The highest BCUT2D eigenvalue weighted by Crippen LogP contribution is 2.19. The number of hydrogen-bond donors (Lipinski definition) is 1. The van der Waals surface area contributed by atoms with Crippen LogP contribution in [-0.2, 0) is 0 Å². The van der Waals surface area contributed by atoms with Gasteiger partial charge in [-0.2, -0.15) is 0 Å². The molecule has 0 amide bonds. The molecule has 0 aliphatic heterocycles. The first-order chi connectivity index (χ1) is 9.25. The van der Waals surface area contributed by atoms with E-state index in [0.717, 1.165) is 5.69 Å². The summed E-state index contributed by atoms with van der Waals surface area (Å²) in [5.41, 5.74) is 1.55. The van der Waals surface area contributed by atoms with Gasteiger partial charge in [0.05, 0.1) is 10.9 Å². The number of nitrogens with zero attached hydrogens (tertiary/aromatic N) is 2. The van der Waals surface area contributed by atoms with Crippen LogP contribution in [0.15, 0.2) is 59.4 Å². The maximum absolute atomic E-state index is 12.0. The van der Waals surface area contributed by atoms with E-state index < -0.39 is 0 Å². The minimum Gasteiger partial charge on any atom is -0.315 e. The van der Waals surface area contributed by atoms with Crippen molar-refractivity contribution in [3.63, 3.8) is 0 Å². The molecule has 3 rings (SSSR count). The van der Waals surface area contributed by atoms with Crippen molar-refractivity contribution in [1.82, 2.24) is 9.97 Å². The Morgan fingerprint density at radius 3 is 2.47 bits per heavy atom. The number of para-hydroxylation sites is 2. The molecule has 1 N–H and O–H groups in total. The molecule has 1 aromatic heterocycles. The van der Waals surface area contributed by atoms with E-state index in [0.29, 0.717) is 16.9 Å². The van der Waals surface area contributed by atoms with Crippen LogP contribution in [0.3, 0.4) is 0 Å². The summed E-state index contributed by atoms with van der Waals surface area (Å²) >= 11 is 0. The average Bonchev–Trinajstić information content (AvgIpc) is 2.47. The van der Waals surface area contributed by atoms with Crippen molar-refractivity contribution in [3.05, 3.63) is 65.0 Å². The first kappa shape index (κ1) is 11.5. The van der Waals surface area contributed by atoms with Crippen LogP contribution in [0.4, 0.5) is 11.6 Å². The van der Waals surface area contributed by atoms with Gasteiger partial charge in [0.1, 0.15) is 0 Å². The third-order valence-electron chi connectivity index (χ3n) is 3.06. The largest absolute Gasteiger partial charge is 0.315 e. The number of H-pyrrole nitrogens is 1. The molecule has 0 aliphatic carbocycles. The molecule has 0 saturated heterocycles. The monoisotopic (exact) mass is 251 g/mol. The molecule has 19 heavy (non-hydrogen) atoms. The van der Waals surface area contributed by atoms with Gasteiger partial charge < -0.3 is 4.90 Å². The lowest BCUT2D eigenvalue weighted by Crippen LogP contribution is -2.18. The molecule has 0 saturated carbocycles. The molecule has 3 aromatic rings. The zero-order chi connectivity index (χ0) is 13.2. The first-order valence-electron chi connectivity index (χ1n) is 6.03. The van der Waals surface area contributed by atoms with Crippen LogP contribution in [0.5, 0.6) is 0 Å². The van der Waals surface area contributed by atoms with E-state index in [1.54, 1.807) is 6.07 Å². The Morgan fingerprint density at radius 1 is 1.00 bits per heavy atom. The Kier molecular flexibility index (Phi) is 2.76. The minimum atomic E-state index is -0.122. The maximum Gasteiger partial charge on any atom is 0.260 e. The standard InChI is InChI=1S/C15H13N3O/c1-18(11-7-3-2-4-8-11)15-16-13-10-6-5-9-12(13)14(19)17-15/h2-10H,1H3,(H,16,17,19). The topological polar surface area (TPSA) is 49.0 Å². The van der Waals surface area contributed by atoms with Crippen molar-refractivity contribution in [2.45, 2.75) is 0 Å². The van der Waals surface area contributed by atoms with Crippen LogP contribution in [-0.4, -0.2) is 17.0 Å². The molecule has 0 radical (unpaired) electrons. The smallest absolute Gasteiger partial charge is 0.260 e. The van der Waals surface area contributed by atoms with Gasteiger partial charge in [-0.25, -0.2) is 4.98 Å². The molecule has 0 atom stereocenters. The summed E-state index contributed by atoms with van der Waals surface area (Å²) in [5, 5.41) is 0.604. The highest BCUT2D eigenvalue weighted by atomic mass is 16.1. The van der Waals surface area contributed by atoms with Gasteiger partial charge in [-0.1, -0.05) is 30.3 Å². The fourth-order valence-electron chi connectivity index (χ4n) is 2.01. The minimum absolute atomic E-state index is 0.122. The molecule has 0 unspecified atom stereocenters. The van der Waals surface area contributed by atoms with Gasteiger partial charge in [0.2, 0.25) is 5.95 Å². The van der Waals surface area contributed by atoms with Crippen molar-refractivity contribution in [2.24, 2.45) is 0 Å². The highest BCUT2D eigenvalue weighted by molar-refractivity contribution is 5.78. The number of anilines is 2. The molecule has 0 aliphatic rings. The summed E-state index contributed by atoms with van der Waals surface area (Å²) in [4.78, 5) is 21.2. The van der Waals surface area contributed by atoms with Crippen LogP contribution >= 0.6 is 0 Å². The van der Waals surface area contributed by atoms with Crippen molar-refractivity contribution < 1.29 is 0 Å². The van der Waals surface area contributed by atoms with E-state index in [2.05, 4.69) is 9.97 Å². The van der Waals surface area contributed by atoms with E-state index in [1.165, 1.54) is 0 Å². The zero-order valence-corrected chi connectivity index (χ0v) is 10.5. The molecule has 94 valence electrons. The SMILES string of the molecule is CN(c1ccccc1)c1nc2ccccc2c(=O)[nH]1. The van der Waals surface area contributed by atoms with Gasteiger partial charge in [0.15, 0.2) is 0 Å². The molecular weight excluding hydrogens is 238 g/mol. The second-order valence-electron chi connectivity index (χ2n) is 4.30. The summed E-state index contributed by atoms with van der Waals surface area (Å²) in [6.07, 6.45) is 0. The van der Waals surface area contributed by atoms with Crippen LogP contribution in [0.1, 0.15) is 0 Å². The summed E-state index contributed by atoms with van der Waals surface area (Å²) in [7, 11) is 1.88. The number of hydrogen-bond acceptors (Lipinski definition) is 3. The second-order valence-corrected chi connectivity index (χ2v) is 4.30. The number of fused-ring (bicyclic) bond motifs is 1. The van der Waals surface area contributed by atoms with Crippen LogP contribution < -0.4 is 10.5 Å². The number of rotatable bonds is 2. The Morgan fingerprint density at radius 2 is 1.68 bits per heavy atom. The van der Waals surface area contributed by atoms with Gasteiger partial charge in [-0.3, -0.25) is 9.78 Å². The lowest BCUT2D eigenvalue weighted by Gasteiger charge is -2.17. The summed E-state index contributed by atoms with van der Waals surface area (Å²) in [6, 6.07) is 17.1. The fraction of sp³-hybridized carbons (Fsp3) is 0.0667. The molecule has 0 fully saturated rings. The van der Waals surface area contributed by atoms with Crippen molar-refractivity contribution in [3.8, 4) is 0 Å². The van der Waals surface area contributed by atoms with Gasteiger partial charge in [-0.15, -0.1) is 0 Å². The van der Waals surface area contributed by atoms with E-state index in [-0.39, 0.29) is 5.56 Å². The van der Waals surface area contributed by atoms with Crippen LogP contribution in [0.2, 0.25) is 0 Å². The van der Waals surface area contributed by atoms with Crippen molar-refractivity contribution in [1.29, 1.82) is 0 Å². The van der Waals surface area contributed by atoms with Gasteiger partial charge in [0, 0.05) is 12.7 Å². The Hall–Kier alpha value is -2.62. The summed E-state index contributed by atoms with van der Waals surface area (Å²) in [5.74, 6) is 0.537. The lowest BCUT2D eigenvalue weighted by molar-refractivity contribution is 1.05. The third kappa shape index (κ3) is 2.08. The fourth-order valence-corrected chi connectivity index (χ4v) is 2.01. The van der Waals surface area contributed by atoms with Crippen LogP contribution in [0, 0.1) is 0 Å². The van der Waals surface area contributed by atoms with E-state index >= 15 is 0 Å². The molecule has 4 nitrogen and oxygen atoms in total. The first-order valence-corrected chi connectivity index (χ1v) is 6.03. The maximum atomic E-state index is 12.0. The van der Waals surface area contributed by atoms with Gasteiger partial charge in [-0.05, 0) is 24.3 Å². The van der Waals surface area contributed by atoms with E-state index in [4.69, 9.17) is 0 Å². The summed E-state index contributed by atoms with van der Waals surface area (Å²) in [6.45, 7) is 0. The molecule has 4 heteroatoms. The molecule has 1 heterocycles. The molecule has 0 bridgehead atoms. The average molecular weight is 251 g/mol. The predicted octanol–water partition coefficient (Wildman–Crippen LogP) is 2.69. The zero-order valence-electron chi connectivity index (χ0n) is 10.5. The van der Waals surface area contributed by atoms with Crippen LogP contribution in [0.25, 0.3) is 10.9 Å². The number of aromatic nitrogens is 2. The lowest BCUT2D eigenvalue weighted by atomic mass is 10.2. The molecule has 2 aromatic carbocycles. The highest BCUT2D eigenvalue weighted by Gasteiger charge is 2.08.